The zero-order valence-corrected chi connectivity index (χ0v) is 7.35. The summed E-state index contributed by atoms with van der Waals surface area (Å²) in [7, 11) is 0. The average Bonchev–Trinajstić information content (AvgIpc) is 2.34. The van der Waals surface area contributed by atoms with Crippen LogP contribution >= 0.6 is 0 Å². The van der Waals surface area contributed by atoms with E-state index >= 15 is 0 Å². The minimum absolute atomic E-state index is 0. The molecule has 0 aromatic carbocycles. The minimum Gasteiger partial charge on any atom is -0.384 e. The summed E-state index contributed by atoms with van der Waals surface area (Å²) in [5, 5.41) is 7.04. The van der Waals surface area contributed by atoms with Crippen molar-refractivity contribution in [2.75, 3.05) is 0 Å². The Balaban J connectivity index is 0.000000720. The van der Waals surface area contributed by atoms with E-state index in [4.69, 9.17) is 5.41 Å². The van der Waals surface area contributed by atoms with Gasteiger partial charge in [0.1, 0.15) is 5.52 Å². The topological polar surface area (TPSA) is 99.5 Å². The number of aromatic amines is 2. The first-order chi connectivity index (χ1) is 5.27. The third-order valence-corrected chi connectivity index (χ3v) is 1.29. The van der Waals surface area contributed by atoms with Crippen molar-refractivity contribution in [1.82, 2.24) is 19.9 Å². The van der Waals surface area contributed by atoms with Gasteiger partial charge in [-0.15, -0.1) is 0 Å². The second kappa shape index (κ2) is 3.02. The largest absolute Gasteiger partial charge is 0.384 e. The Morgan fingerprint density at radius 1 is 1.58 bits per heavy atom. The van der Waals surface area contributed by atoms with E-state index in [0.717, 1.165) is 0 Å². The Hall–Kier alpha value is -1.23. The van der Waals surface area contributed by atoms with Gasteiger partial charge in [0.15, 0.2) is 0 Å². The molecular weight excluding hydrogens is 249 g/mol. The molecule has 0 unspecified atom stereocenters. The number of rotatable bonds is 0. The minimum atomic E-state index is -0.388. The summed E-state index contributed by atoms with van der Waals surface area (Å²) in [6.07, 6.45) is 1.37. The fraction of sp³-hybridized carbons (Fsp3) is 0. The quantitative estimate of drug-likeness (QED) is 0.508. The Morgan fingerprint density at radius 3 is 3.08 bits per heavy atom. The van der Waals surface area contributed by atoms with Gasteiger partial charge in [0.05, 0.1) is 17.6 Å². The average molecular weight is 253 g/mol. The number of H-pyrrole nitrogens is 2. The van der Waals surface area contributed by atoms with Gasteiger partial charge in [0, 0.05) is 19.5 Å². The van der Waals surface area contributed by atoms with Crippen molar-refractivity contribution < 1.29 is 19.5 Å². The Kier molecular flexibility index (Phi) is 2.23. The molecule has 0 aliphatic rings. The van der Waals surface area contributed by atoms with Gasteiger partial charge < -0.3 is 20.4 Å². The van der Waals surface area contributed by atoms with Crippen LogP contribution in [-0.4, -0.2) is 15.0 Å². The first kappa shape index (κ1) is 8.87. The van der Waals surface area contributed by atoms with E-state index in [1.165, 1.54) is 6.33 Å². The molecule has 2 aromatic heterocycles. The third kappa shape index (κ3) is 1.23. The van der Waals surface area contributed by atoms with Crippen molar-refractivity contribution in [3.8, 4) is 0 Å². The molecule has 0 spiro atoms. The Labute approximate surface area is 78.7 Å². The molecule has 0 saturated heterocycles. The molecule has 0 amide bonds. The molecule has 7 heteroatoms. The number of nitrogens with one attached hydrogen (secondary N) is 3. The molecule has 65 valence electrons. The van der Waals surface area contributed by atoms with Crippen molar-refractivity contribution in [3.63, 3.8) is 0 Å². The van der Waals surface area contributed by atoms with E-state index in [1.807, 2.05) is 0 Å². The van der Waals surface area contributed by atoms with Crippen molar-refractivity contribution in [2.45, 2.75) is 0 Å². The summed E-state index contributed by atoms with van der Waals surface area (Å²) >= 11 is 0. The molecule has 2 rings (SSSR count). The normalized spacial score (nSPS) is 9.67. The van der Waals surface area contributed by atoms with E-state index in [1.54, 1.807) is 0 Å². The molecule has 0 saturated carbocycles. The van der Waals surface area contributed by atoms with Crippen LogP contribution in [0.4, 0.5) is 0 Å². The Bertz CT molecular complexity index is 494. The Morgan fingerprint density at radius 2 is 2.33 bits per heavy atom. The summed E-state index contributed by atoms with van der Waals surface area (Å²) in [5.74, 6) is 0. The SMILES string of the molecule is N=c1[n-]c2[nH]cnc2c(=O)[nH]1.[Rh]. The molecule has 0 aliphatic carbocycles. The molecule has 12 heavy (non-hydrogen) atoms. The van der Waals surface area contributed by atoms with Gasteiger partial charge in [-0.2, -0.15) is 0 Å². The zero-order chi connectivity index (χ0) is 7.84. The van der Waals surface area contributed by atoms with Crippen LogP contribution in [0.15, 0.2) is 11.1 Å². The van der Waals surface area contributed by atoms with Crippen LogP contribution in [-0.2, 0) is 19.5 Å². The van der Waals surface area contributed by atoms with E-state index in [2.05, 4.69) is 19.9 Å². The van der Waals surface area contributed by atoms with Crippen LogP contribution in [0.25, 0.3) is 11.2 Å². The zero-order valence-electron chi connectivity index (χ0n) is 5.71. The van der Waals surface area contributed by atoms with Crippen LogP contribution in [0.5, 0.6) is 0 Å². The molecule has 0 fully saturated rings. The predicted molar refractivity (Wildman–Crippen MR) is 35.9 cm³/mol. The maximum atomic E-state index is 11.0. The smallest absolute Gasteiger partial charge is 0.236 e. The van der Waals surface area contributed by atoms with Crippen LogP contribution in [0.3, 0.4) is 0 Å². The summed E-state index contributed by atoms with van der Waals surface area (Å²) in [4.78, 5) is 23.2. The molecule has 0 atom stereocenters. The van der Waals surface area contributed by atoms with Gasteiger partial charge in [-0.3, -0.25) is 4.79 Å². The van der Waals surface area contributed by atoms with Crippen LogP contribution in [0.2, 0.25) is 0 Å². The van der Waals surface area contributed by atoms with Gasteiger partial charge in [0.2, 0.25) is 5.56 Å². The van der Waals surface area contributed by atoms with E-state index in [0.29, 0.717) is 5.65 Å². The first-order valence-electron chi connectivity index (χ1n) is 2.92. The van der Waals surface area contributed by atoms with E-state index in [-0.39, 0.29) is 36.2 Å². The van der Waals surface area contributed by atoms with Gasteiger partial charge in [0.25, 0.3) is 0 Å². The molecule has 2 aromatic rings. The number of imidazole rings is 1. The molecule has 1 radical (unpaired) electrons. The molecule has 0 bridgehead atoms. The summed E-state index contributed by atoms with van der Waals surface area (Å²) < 4.78 is 0. The molecule has 3 N–H and O–H groups in total. The molecule has 0 aliphatic heterocycles. The van der Waals surface area contributed by atoms with Gasteiger partial charge in [-0.05, 0) is 0 Å². The van der Waals surface area contributed by atoms with Gasteiger partial charge in [-0.25, -0.2) is 4.98 Å². The van der Waals surface area contributed by atoms with Gasteiger partial charge in [-0.1, -0.05) is 0 Å². The maximum Gasteiger partial charge on any atom is 0.236 e. The number of hydrogen-bond acceptors (Lipinski definition) is 3. The monoisotopic (exact) mass is 253 g/mol. The number of aromatic nitrogens is 4. The van der Waals surface area contributed by atoms with Crippen LogP contribution in [0, 0.1) is 5.41 Å². The summed E-state index contributed by atoms with van der Waals surface area (Å²) in [6, 6.07) is 0. The molecular formula is C5H4N5ORh-. The van der Waals surface area contributed by atoms with Gasteiger partial charge >= 0.3 is 0 Å². The second-order valence-electron chi connectivity index (χ2n) is 2.01. The van der Waals surface area contributed by atoms with Crippen molar-refractivity contribution >= 4 is 11.2 Å². The number of fused-ring (bicyclic) bond motifs is 1. The first-order valence-corrected chi connectivity index (χ1v) is 2.92. The van der Waals surface area contributed by atoms with Crippen molar-refractivity contribution in [1.29, 1.82) is 5.41 Å². The van der Waals surface area contributed by atoms with Crippen LogP contribution in [0.1, 0.15) is 0 Å². The molecule has 2 heterocycles. The summed E-state index contributed by atoms with van der Waals surface area (Å²) in [6.45, 7) is 0. The van der Waals surface area contributed by atoms with E-state index in [9.17, 15) is 4.79 Å². The number of nitrogens with zero attached hydrogens (tertiary/aromatic N) is 2. The summed E-state index contributed by atoms with van der Waals surface area (Å²) in [5.41, 5.74) is 0.0350. The fourth-order valence-corrected chi connectivity index (χ4v) is 0.845. The standard InChI is InChI=1S/C5H5N5O.Rh/c6-5-9-3-2(4(11)10-5)7-1-8-3;/h1H,(H4,6,7,8,9,10,11);/p-1. The fourth-order valence-electron chi connectivity index (χ4n) is 0.845. The van der Waals surface area contributed by atoms with Crippen molar-refractivity contribution in [3.05, 3.63) is 22.3 Å². The maximum absolute atomic E-state index is 11.0. The van der Waals surface area contributed by atoms with Crippen LogP contribution < -0.4 is 16.2 Å². The second-order valence-corrected chi connectivity index (χ2v) is 2.01. The van der Waals surface area contributed by atoms with Crippen molar-refractivity contribution in [2.24, 2.45) is 0 Å². The predicted octanol–water partition coefficient (Wildman–Crippen LogP) is -1.31. The third-order valence-electron chi connectivity index (χ3n) is 1.29. The number of hydrogen-bond donors (Lipinski definition) is 3. The molecule has 6 nitrogen and oxygen atoms in total. The van der Waals surface area contributed by atoms with E-state index < -0.39 is 0 Å².